The normalized spacial score (nSPS) is 10.8. The number of aryl methyl sites for hydroxylation is 1. The summed E-state index contributed by atoms with van der Waals surface area (Å²) < 4.78 is 1.39. The number of thioether (sulfide) groups is 1. The van der Waals surface area contributed by atoms with E-state index in [1.165, 1.54) is 11.4 Å². The highest BCUT2D eigenvalue weighted by Crippen LogP contribution is 2.16. The van der Waals surface area contributed by atoms with Gasteiger partial charge in [0.1, 0.15) is 5.69 Å². The van der Waals surface area contributed by atoms with Crippen LogP contribution in [0, 0.1) is 6.92 Å². The fourth-order valence-corrected chi connectivity index (χ4v) is 2.71. The summed E-state index contributed by atoms with van der Waals surface area (Å²) in [4.78, 5) is 37.3. The zero-order valence-corrected chi connectivity index (χ0v) is 14.3. The molecule has 1 aromatic carbocycles. The van der Waals surface area contributed by atoms with Crippen molar-refractivity contribution < 1.29 is 9.59 Å². The van der Waals surface area contributed by atoms with E-state index in [4.69, 9.17) is 0 Å². The van der Waals surface area contributed by atoms with Gasteiger partial charge in [0.25, 0.3) is 11.3 Å². The van der Waals surface area contributed by atoms with Crippen LogP contribution in [0.4, 0.5) is 5.69 Å². The number of Topliss-reactive ketones (excluding diaryl/α,β-unsaturated/α-hetero) is 1. The number of carbonyl (C=O) groups excluding carboxylic acids is 2. The minimum absolute atomic E-state index is 0.0343. The van der Waals surface area contributed by atoms with Gasteiger partial charge in [-0.1, -0.05) is 11.8 Å². The Balaban J connectivity index is 1.65. The quantitative estimate of drug-likeness (QED) is 0.516. The number of rotatable bonds is 5. The molecular formula is C15H14N6O3S. The first-order valence-corrected chi connectivity index (χ1v) is 8.28. The summed E-state index contributed by atoms with van der Waals surface area (Å²) in [5.41, 5.74) is 1.13. The van der Waals surface area contributed by atoms with Crippen LogP contribution in [0.2, 0.25) is 0 Å². The number of fused-ring (bicyclic) bond motifs is 1. The minimum Gasteiger partial charge on any atom is -0.325 e. The first-order valence-electron chi connectivity index (χ1n) is 7.30. The van der Waals surface area contributed by atoms with Crippen LogP contribution in [-0.4, -0.2) is 42.2 Å². The topological polar surface area (TPSA) is 122 Å². The summed E-state index contributed by atoms with van der Waals surface area (Å²) in [6, 6.07) is 6.64. The molecule has 9 nitrogen and oxygen atoms in total. The number of carbonyl (C=O) groups is 2. The van der Waals surface area contributed by atoms with Crippen LogP contribution in [0.15, 0.2) is 34.2 Å². The van der Waals surface area contributed by atoms with Crippen LogP contribution < -0.4 is 10.9 Å². The Labute approximate surface area is 145 Å². The molecule has 2 aromatic heterocycles. The molecule has 3 aromatic rings. The number of ketones is 1. The van der Waals surface area contributed by atoms with Crippen molar-refractivity contribution in [2.75, 3.05) is 11.1 Å². The summed E-state index contributed by atoms with van der Waals surface area (Å²) in [5.74, 6) is 0.0412. The number of hydrogen-bond acceptors (Lipinski definition) is 7. The Morgan fingerprint density at radius 3 is 2.64 bits per heavy atom. The van der Waals surface area contributed by atoms with Crippen molar-refractivity contribution in [3.8, 4) is 0 Å². The molecule has 1 amide bonds. The molecular weight excluding hydrogens is 344 g/mol. The van der Waals surface area contributed by atoms with Gasteiger partial charge in [-0.3, -0.25) is 19.4 Å². The maximum absolute atomic E-state index is 12.0. The summed E-state index contributed by atoms with van der Waals surface area (Å²) in [6.07, 6.45) is 0. The summed E-state index contributed by atoms with van der Waals surface area (Å²) in [7, 11) is 0. The predicted molar refractivity (Wildman–Crippen MR) is 91.9 cm³/mol. The highest BCUT2D eigenvalue weighted by atomic mass is 32.2. The Hall–Kier alpha value is -3.01. The van der Waals surface area contributed by atoms with E-state index < -0.39 is 0 Å². The molecule has 0 fully saturated rings. The number of nitrogens with one attached hydrogen (secondary N) is 2. The highest BCUT2D eigenvalue weighted by molar-refractivity contribution is 7.99. The standard InChI is InChI=1S/C15H14N6O3S/c1-8-13(24)17-14-18-19-15(21(14)20-8)25-7-12(23)16-11-5-3-10(4-6-11)9(2)22/h3-6H,7H2,1-2H3,(H,16,23)(H,17,18,24). The summed E-state index contributed by atoms with van der Waals surface area (Å²) >= 11 is 1.15. The van der Waals surface area contributed by atoms with Crippen molar-refractivity contribution in [2.24, 2.45) is 0 Å². The van der Waals surface area contributed by atoms with Gasteiger partial charge in [0, 0.05) is 11.3 Å². The van der Waals surface area contributed by atoms with Gasteiger partial charge < -0.3 is 5.32 Å². The van der Waals surface area contributed by atoms with E-state index >= 15 is 0 Å². The summed E-state index contributed by atoms with van der Waals surface area (Å²) in [5, 5.41) is 15.0. The van der Waals surface area contributed by atoms with Crippen LogP contribution in [0.25, 0.3) is 5.78 Å². The third kappa shape index (κ3) is 3.74. The molecule has 0 saturated carbocycles. The summed E-state index contributed by atoms with van der Waals surface area (Å²) in [6.45, 7) is 3.06. The van der Waals surface area contributed by atoms with Crippen LogP contribution in [0.5, 0.6) is 0 Å². The van der Waals surface area contributed by atoms with Gasteiger partial charge in [-0.2, -0.15) is 9.61 Å². The van der Waals surface area contributed by atoms with E-state index in [0.29, 0.717) is 16.4 Å². The van der Waals surface area contributed by atoms with Crippen molar-refractivity contribution >= 4 is 34.9 Å². The molecule has 0 bridgehead atoms. The zero-order valence-electron chi connectivity index (χ0n) is 13.4. The van der Waals surface area contributed by atoms with Crippen molar-refractivity contribution in [1.82, 2.24) is 24.8 Å². The number of anilines is 1. The van der Waals surface area contributed by atoms with E-state index in [1.807, 2.05) is 0 Å². The molecule has 0 radical (unpaired) electrons. The van der Waals surface area contributed by atoms with E-state index in [9.17, 15) is 14.4 Å². The SMILES string of the molecule is CC(=O)c1ccc(NC(=O)CSc2nnc3[nH]c(=O)c(C)nn23)cc1. The van der Waals surface area contributed by atoms with Crippen LogP contribution in [0.3, 0.4) is 0 Å². The van der Waals surface area contributed by atoms with Crippen molar-refractivity contribution in [2.45, 2.75) is 19.0 Å². The lowest BCUT2D eigenvalue weighted by molar-refractivity contribution is -0.113. The van der Waals surface area contributed by atoms with Gasteiger partial charge in [0.05, 0.1) is 5.75 Å². The van der Waals surface area contributed by atoms with Crippen LogP contribution >= 0.6 is 11.8 Å². The minimum atomic E-state index is -0.330. The molecule has 0 spiro atoms. The number of nitrogens with zero attached hydrogens (tertiary/aromatic N) is 4. The average molecular weight is 358 g/mol. The maximum atomic E-state index is 12.0. The third-order valence-electron chi connectivity index (χ3n) is 3.32. The Bertz CT molecular complexity index is 1010. The number of hydrogen-bond donors (Lipinski definition) is 2. The molecule has 0 unspecified atom stereocenters. The van der Waals surface area contributed by atoms with E-state index in [-0.39, 0.29) is 34.5 Å². The molecule has 3 rings (SSSR count). The smallest absolute Gasteiger partial charge is 0.273 e. The van der Waals surface area contributed by atoms with Gasteiger partial charge in [0.2, 0.25) is 11.1 Å². The molecule has 0 saturated heterocycles. The molecule has 0 aliphatic rings. The first kappa shape index (κ1) is 16.8. The molecule has 128 valence electrons. The number of aromatic nitrogens is 5. The highest BCUT2D eigenvalue weighted by Gasteiger charge is 2.12. The molecule has 0 aliphatic carbocycles. The van der Waals surface area contributed by atoms with Crippen molar-refractivity contribution in [3.63, 3.8) is 0 Å². The van der Waals surface area contributed by atoms with Gasteiger partial charge in [-0.25, -0.2) is 0 Å². The Kier molecular flexibility index (Phi) is 4.61. The largest absolute Gasteiger partial charge is 0.325 e. The number of benzene rings is 1. The van der Waals surface area contributed by atoms with Gasteiger partial charge in [-0.15, -0.1) is 10.2 Å². The Morgan fingerprint density at radius 1 is 1.24 bits per heavy atom. The average Bonchev–Trinajstić information content (AvgIpc) is 2.96. The second-order valence-electron chi connectivity index (χ2n) is 5.23. The number of aromatic amines is 1. The van der Waals surface area contributed by atoms with Crippen LogP contribution in [-0.2, 0) is 4.79 Å². The zero-order chi connectivity index (χ0) is 18.0. The van der Waals surface area contributed by atoms with Gasteiger partial charge in [0.15, 0.2) is 5.78 Å². The molecule has 2 heterocycles. The second kappa shape index (κ2) is 6.85. The lowest BCUT2D eigenvalue weighted by atomic mass is 10.1. The monoisotopic (exact) mass is 358 g/mol. The molecule has 0 atom stereocenters. The lowest BCUT2D eigenvalue weighted by Crippen LogP contribution is -2.16. The third-order valence-corrected chi connectivity index (χ3v) is 4.24. The van der Waals surface area contributed by atoms with Gasteiger partial charge in [-0.05, 0) is 38.1 Å². The maximum Gasteiger partial charge on any atom is 0.273 e. The predicted octanol–water partition coefficient (Wildman–Crippen LogP) is 1.05. The van der Waals surface area contributed by atoms with Crippen LogP contribution in [0.1, 0.15) is 23.0 Å². The van der Waals surface area contributed by atoms with Crippen molar-refractivity contribution in [3.05, 3.63) is 45.9 Å². The van der Waals surface area contributed by atoms with Crippen molar-refractivity contribution in [1.29, 1.82) is 0 Å². The molecule has 2 N–H and O–H groups in total. The second-order valence-corrected chi connectivity index (χ2v) is 6.17. The van der Waals surface area contributed by atoms with E-state index in [0.717, 1.165) is 11.8 Å². The van der Waals surface area contributed by atoms with Gasteiger partial charge >= 0.3 is 0 Å². The lowest BCUT2D eigenvalue weighted by Gasteiger charge is -2.05. The number of amides is 1. The van der Waals surface area contributed by atoms with E-state index in [2.05, 4.69) is 25.6 Å². The molecule has 25 heavy (non-hydrogen) atoms. The molecule has 10 heteroatoms. The fraction of sp³-hybridized carbons (Fsp3) is 0.200. The Morgan fingerprint density at radius 2 is 1.96 bits per heavy atom. The first-order chi connectivity index (χ1) is 11.9. The number of H-pyrrole nitrogens is 1. The van der Waals surface area contributed by atoms with E-state index in [1.54, 1.807) is 31.2 Å². The fourth-order valence-electron chi connectivity index (χ4n) is 2.03. The molecule has 0 aliphatic heterocycles.